The first kappa shape index (κ1) is 21.9. The predicted molar refractivity (Wildman–Crippen MR) is 111 cm³/mol. The van der Waals surface area contributed by atoms with Gasteiger partial charge >= 0.3 is 5.97 Å². The maximum atomic E-state index is 12.0. The number of hydrogen-bond acceptors (Lipinski definition) is 6. The molecular formula is C23H35NO5. The first-order valence-corrected chi connectivity index (χ1v) is 10.4. The Balaban J connectivity index is 1.70. The summed E-state index contributed by atoms with van der Waals surface area (Å²) < 4.78 is 22.2. The highest BCUT2D eigenvalue weighted by Crippen LogP contribution is 2.50. The van der Waals surface area contributed by atoms with E-state index in [-0.39, 0.29) is 24.3 Å². The third-order valence-corrected chi connectivity index (χ3v) is 6.54. The van der Waals surface area contributed by atoms with Crippen LogP contribution in [0.4, 0.5) is 0 Å². The first-order chi connectivity index (χ1) is 13.7. The molecule has 0 amide bonds. The highest BCUT2D eigenvalue weighted by molar-refractivity contribution is 5.75. The van der Waals surface area contributed by atoms with E-state index in [1.165, 1.54) is 5.56 Å². The van der Waals surface area contributed by atoms with Gasteiger partial charge in [0.05, 0.1) is 25.7 Å². The van der Waals surface area contributed by atoms with Crippen LogP contribution in [-0.4, -0.2) is 57.6 Å². The van der Waals surface area contributed by atoms with E-state index in [2.05, 4.69) is 24.1 Å². The van der Waals surface area contributed by atoms with Crippen molar-refractivity contribution in [3.8, 4) is 11.5 Å². The van der Waals surface area contributed by atoms with Gasteiger partial charge < -0.3 is 23.8 Å². The van der Waals surface area contributed by atoms with Crippen LogP contribution in [0.25, 0.3) is 0 Å². The number of carbonyl (C=O) groups excluding carboxylic acids is 1. The summed E-state index contributed by atoms with van der Waals surface area (Å²) in [5.74, 6) is 1.30. The summed E-state index contributed by atoms with van der Waals surface area (Å²) in [7, 11) is 5.54. The van der Waals surface area contributed by atoms with E-state index in [0.29, 0.717) is 6.04 Å². The van der Waals surface area contributed by atoms with Crippen LogP contribution in [0.1, 0.15) is 52.0 Å². The van der Waals surface area contributed by atoms with E-state index in [9.17, 15) is 4.79 Å². The highest BCUT2D eigenvalue weighted by atomic mass is 16.7. The van der Waals surface area contributed by atoms with E-state index < -0.39 is 5.41 Å². The van der Waals surface area contributed by atoms with Gasteiger partial charge in [-0.1, -0.05) is 6.07 Å². The molecule has 0 aromatic heterocycles. The third kappa shape index (κ3) is 4.38. The topological polar surface area (TPSA) is 57.2 Å². The van der Waals surface area contributed by atoms with Crippen molar-refractivity contribution in [2.24, 2.45) is 5.41 Å². The Morgan fingerprint density at radius 2 is 1.90 bits per heavy atom. The van der Waals surface area contributed by atoms with Crippen LogP contribution >= 0.6 is 0 Å². The van der Waals surface area contributed by atoms with Crippen LogP contribution in [0.5, 0.6) is 11.5 Å². The van der Waals surface area contributed by atoms with Crippen molar-refractivity contribution in [3.63, 3.8) is 0 Å². The van der Waals surface area contributed by atoms with Crippen molar-refractivity contribution in [1.29, 1.82) is 0 Å². The highest BCUT2D eigenvalue weighted by Gasteiger charge is 2.50. The number of carbonyl (C=O) groups is 1. The maximum absolute atomic E-state index is 12.0. The maximum Gasteiger partial charge on any atom is 0.313 e. The Bertz CT molecular complexity index is 728. The second-order valence-electron chi connectivity index (χ2n) is 9.34. The molecule has 162 valence electrons. The zero-order valence-electron chi connectivity index (χ0n) is 18.6. The number of benzene rings is 1. The second-order valence-corrected chi connectivity index (χ2v) is 9.34. The summed E-state index contributed by atoms with van der Waals surface area (Å²) in [5, 5.41) is 0. The molecule has 0 radical (unpaired) electrons. The fourth-order valence-electron chi connectivity index (χ4n) is 4.78. The minimum absolute atomic E-state index is 0.0283. The van der Waals surface area contributed by atoms with Crippen LogP contribution < -0.4 is 9.47 Å². The fourth-order valence-corrected chi connectivity index (χ4v) is 4.78. The number of rotatable bonds is 6. The van der Waals surface area contributed by atoms with Crippen molar-refractivity contribution >= 4 is 5.97 Å². The van der Waals surface area contributed by atoms with Crippen molar-refractivity contribution < 1.29 is 23.7 Å². The van der Waals surface area contributed by atoms with Crippen LogP contribution in [0.2, 0.25) is 0 Å². The number of hydrogen-bond donors (Lipinski definition) is 0. The fraction of sp³-hybridized carbons (Fsp3) is 0.696. The van der Waals surface area contributed by atoms with Gasteiger partial charge in [0.25, 0.3) is 0 Å². The number of nitrogens with zero attached hydrogens (tertiary/aromatic N) is 1. The molecule has 6 heteroatoms. The van der Waals surface area contributed by atoms with E-state index in [1.54, 1.807) is 14.2 Å². The summed E-state index contributed by atoms with van der Waals surface area (Å²) in [4.78, 5) is 14.4. The van der Waals surface area contributed by atoms with Gasteiger partial charge in [-0.05, 0) is 77.7 Å². The summed E-state index contributed by atoms with van der Waals surface area (Å²) in [6, 6.07) is 6.71. The monoisotopic (exact) mass is 405 g/mol. The average Bonchev–Trinajstić information content (AvgIpc) is 3.04. The average molecular weight is 406 g/mol. The summed E-state index contributed by atoms with van der Waals surface area (Å²) in [5.41, 5.74) is 0.891. The first-order valence-electron chi connectivity index (χ1n) is 10.4. The standard InChI is InChI=1S/C23H35NO5/c1-22(2,3)21(25)29-15-28-17-9-10-23(11-12-24(4)20(23)14-17)16-7-8-18(26-5)19(13-16)27-6/h7-8,13,17,20H,9-12,14-15H2,1-6H3/t17-,20+,23+/m1/s1. The zero-order valence-corrected chi connectivity index (χ0v) is 18.6. The molecule has 1 aromatic carbocycles. The van der Waals surface area contributed by atoms with Crippen molar-refractivity contribution in [1.82, 2.24) is 4.90 Å². The Morgan fingerprint density at radius 3 is 2.55 bits per heavy atom. The van der Waals surface area contributed by atoms with Crippen LogP contribution in [0, 0.1) is 5.41 Å². The minimum Gasteiger partial charge on any atom is -0.493 e. The molecule has 0 N–H and O–H groups in total. The van der Waals surface area contributed by atoms with Gasteiger partial charge in [-0.25, -0.2) is 0 Å². The van der Waals surface area contributed by atoms with E-state index >= 15 is 0 Å². The van der Waals surface area contributed by atoms with Crippen LogP contribution in [-0.2, 0) is 19.7 Å². The molecular weight excluding hydrogens is 370 g/mol. The zero-order chi connectivity index (χ0) is 21.2. The Hall–Kier alpha value is -1.79. The summed E-state index contributed by atoms with van der Waals surface area (Å²) >= 11 is 0. The Morgan fingerprint density at radius 1 is 1.17 bits per heavy atom. The molecule has 0 bridgehead atoms. The smallest absolute Gasteiger partial charge is 0.313 e. The number of likely N-dealkylation sites (tertiary alicyclic amines) is 1. The third-order valence-electron chi connectivity index (χ3n) is 6.54. The number of methoxy groups -OCH3 is 2. The van der Waals surface area contributed by atoms with E-state index in [4.69, 9.17) is 18.9 Å². The molecule has 1 aromatic rings. The quantitative estimate of drug-likeness (QED) is 0.531. The number of fused-ring (bicyclic) bond motifs is 1. The number of esters is 1. The lowest BCUT2D eigenvalue weighted by Gasteiger charge is -2.44. The van der Waals surface area contributed by atoms with Gasteiger partial charge in [0.2, 0.25) is 0 Å². The molecule has 0 unspecified atom stereocenters. The lowest BCUT2D eigenvalue weighted by molar-refractivity contribution is -0.172. The molecule has 29 heavy (non-hydrogen) atoms. The molecule has 1 saturated carbocycles. The van der Waals surface area contributed by atoms with Crippen molar-refractivity contribution in [2.75, 3.05) is 34.6 Å². The Kier molecular flexibility index (Phi) is 6.44. The van der Waals surface area contributed by atoms with Gasteiger partial charge in [0, 0.05) is 11.5 Å². The van der Waals surface area contributed by atoms with Crippen LogP contribution in [0.15, 0.2) is 18.2 Å². The molecule has 2 aliphatic rings. The molecule has 3 atom stereocenters. The van der Waals surface area contributed by atoms with Gasteiger partial charge in [0.15, 0.2) is 18.3 Å². The largest absolute Gasteiger partial charge is 0.493 e. The predicted octanol–water partition coefficient (Wildman–Crippen LogP) is 3.76. The normalized spacial score (nSPS) is 27.4. The SMILES string of the molecule is COc1ccc([C@@]23CC[C@@H](OCOC(=O)C(C)(C)C)C[C@@H]2N(C)CC3)cc1OC. The van der Waals surface area contributed by atoms with Gasteiger partial charge in [-0.15, -0.1) is 0 Å². The molecule has 0 spiro atoms. The Labute approximate surface area is 174 Å². The molecule has 1 aliphatic carbocycles. The number of ether oxygens (including phenoxy) is 4. The van der Waals surface area contributed by atoms with Gasteiger partial charge in [-0.2, -0.15) is 0 Å². The second kappa shape index (κ2) is 8.52. The van der Waals surface area contributed by atoms with Gasteiger partial charge in [0.1, 0.15) is 0 Å². The molecule has 2 fully saturated rings. The van der Waals surface area contributed by atoms with Crippen molar-refractivity contribution in [3.05, 3.63) is 23.8 Å². The van der Waals surface area contributed by atoms with Gasteiger partial charge in [-0.3, -0.25) is 4.79 Å². The van der Waals surface area contributed by atoms with Crippen LogP contribution in [0.3, 0.4) is 0 Å². The molecule has 1 heterocycles. The molecule has 3 rings (SSSR count). The lowest BCUT2D eigenvalue weighted by Crippen LogP contribution is -2.48. The molecule has 6 nitrogen and oxygen atoms in total. The summed E-state index contributed by atoms with van der Waals surface area (Å²) in [6.45, 7) is 6.63. The minimum atomic E-state index is -0.510. The van der Waals surface area contributed by atoms with E-state index in [0.717, 1.165) is 43.7 Å². The van der Waals surface area contributed by atoms with Crippen molar-refractivity contribution in [2.45, 2.75) is 64.0 Å². The molecule has 1 saturated heterocycles. The van der Waals surface area contributed by atoms with E-state index in [1.807, 2.05) is 26.8 Å². The number of likely N-dealkylation sites (N-methyl/N-ethyl adjacent to an activating group) is 1. The molecule has 1 aliphatic heterocycles. The lowest BCUT2D eigenvalue weighted by atomic mass is 9.65. The summed E-state index contributed by atoms with van der Waals surface area (Å²) in [6.07, 6.45) is 4.13.